The van der Waals surface area contributed by atoms with Crippen molar-refractivity contribution in [3.05, 3.63) is 68.7 Å². The molecule has 19 heavy (non-hydrogen) atoms. The molecular weight excluding hydrogens is 324 g/mol. The maximum atomic E-state index is 6.36. The first-order valence-electron chi connectivity index (χ1n) is 6.07. The number of hydrogen-bond donors (Lipinski definition) is 2. The number of hydrogen-bond acceptors (Lipinski definition) is 2. The standard InChI is InChI=1S/C15H16BrClN2/c1-10-3-2-4-13(15(10)17)14(19-18)9-11-5-7-12(16)8-6-11/h2-8,14,19H,9,18H2,1H3. The molecule has 0 radical (unpaired) electrons. The minimum Gasteiger partial charge on any atom is -0.271 e. The van der Waals surface area contributed by atoms with E-state index in [4.69, 9.17) is 17.4 Å². The molecule has 0 spiro atoms. The van der Waals surface area contributed by atoms with Crippen LogP contribution in [0.2, 0.25) is 5.02 Å². The maximum absolute atomic E-state index is 6.36. The van der Waals surface area contributed by atoms with Crippen LogP contribution in [0.3, 0.4) is 0 Å². The van der Waals surface area contributed by atoms with Gasteiger partial charge in [0.25, 0.3) is 0 Å². The molecule has 0 saturated heterocycles. The summed E-state index contributed by atoms with van der Waals surface area (Å²) < 4.78 is 1.07. The van der Waals surface area contributed by atoms with Crippen LogP contribution in [0.25, 0.3) is 0 Å². The van der Waals surface area contributed by atoms with E-state index in [2.05, 4.69) is 33.5 Å². The van der Waals surface area contributed by atoms with Gasteiger partial charge in [0.15, 0.2) is 0 Å². The molecule has 1 unspecified atom stereocenters. The first kappa shape index (κ1) is 14.5. The van der Waals surface area contributed by atoms with Crippen molar-refractivity contribution in [1.82, 2.24) is 5.43 Å². The van der Waals surface area contributed by atoms with Crippen molar-refractivity contribution < 1.29 is 0 Å². The predicted octanol–water partition coefficient (Wildman–Crippen LogP) is 4.16. The minimum absolute atomic E-state index is 0.00794. The SMILES string of the molecule is Cc1cccc(C(Cc2ccc(Br)cc2)NN)c1Cl. The van der Waals surface area contributed by atoms with Crippen LogP contribution in [0.1, 0.15) is 22.7 Å². The van der Waals surface area contributed by atoms with Gasteiger partial charge < -0.3 is 0 Å². The van der Waals surface area contributed by atoms with Crippen molar-refractivity contribution in [3.63, 3.8) is 0 Å². The summed E-state index contributed by atoms with van der Waals surface area (Å²) in [4.78, 5) is 0. The average Bonchev–Trinajstić information content (AvgIpc) is 2.42. The average molecular weight is 340 g/mol. The summed E-state index contributed by atoms with van der Waals surface area (Å²) in [5.74, 6) is 5.68. The lowest BCUT2D eigenvalue weighted by Gasteiger charge is -2.19. The van der Waals surface area contributed by atoms with Crippen molar-refractivity contribution in [2.24, 2.45) is 5.84 Å². The van der Waals surface area contributed by atoms with Crippen LogP contribution in [-0.4, -0.2) is 0 Å². The molecule has 0 saturated carbocycles. The van der Waals surface area contributed by atoms with Crippen LogP contribution in [0.15, 0.2) is 46.9 Å². The summed E-state index contributed by atoms with van der Waals surface area (Å²) in [5.41, 5.74) is 6.16. The Labute approximate surface area is 127 Å². The molecule has 2 rings (SSSR count). The third-order valence-electron chi connectivity index (χ3n) is 3.15. The second kappa shape index (κ2) is 6.53. The molecular formula is C15H16BrClN2. The van der Waals surface area contributed by atoms with Crippen molar-refractivity contribution in [2.75, 3.05) is 0 Å². The Kier molecular flexibility index (Phi) is 4.99. The second-order valence-electron chi connectivity index (χ2n) is 4.53. The van der Waals surface area contributed by atoms with Gasteiger partial charge in [0, 0.05) is 9.50 Å². The van der Waals surface area contributed by atoms with E-state index in [1.807, 2.05) is 37.3 Å². The van der Waals surface area contributed by atoms with E-state index in [1.54, 1.807) is 0 Å². The summed E-state index contributed by atoms with van der Waals surface area (Å²) >= 11 is 9.79. The van der Waals surface area contributed by atoms with E-state index >= 15 is 0 Å². The summed E-state index contributed by atoms with van der Waals surface area (Å²) in [5, 5.41) is 0.780. The smallest absolute Gasteiger partial charge is 0.0515 e. The summed E-state index contributed by atoms with van der Waals surface area (Å²) in [6, 6.07) is 14.2. The highest BCUT2D eigenvalue weighted by Crippen LogP contribution is 2.28. The Balaban J connectivity index is 2.25. The fourth-order valence-electron chi connectivity index (χ4n) is 2.05. The van der Waals surface area contributed by atoms with E-state index in [0.29, 0.717) is 0 Å². The van der Waals surface area contributed by atoms with Crippen LogP contribution in [0.4, 0.5) is 0 Å². The predicted molar refractivity (Wildman–Crippen MR) is 84.1 cm³/mol. The van der Waals surface area contributed by atoms with Gasteiger partial charge in [-0.1, -0.05) is 57.9 Å². The van der Waals surface area contributed by atoms with Crippen LogP contribution in [0.5, 0.6) is 0 Å². The Bertz CT molecular complexity index is 555. The summed E-state index contributed by atoms with van der Waals surface area (Å²) in [7, 11) is 0. The van der Waals surface area contributed by atoms with Gasteiger partial charge in [-0.2, -0.15) is 0 Å². The molecule has 0 bridgehead atoms. The normalized spacial score (nSPS) is 12.4. The van der Waals surface area contributed by atoms with Crippen LogP contribution >= 0.6 is 27.5 Å². The third kappa shape index (κ3) is 3.57. The number of benzene rings is 2. The molecule has 0 aliphatic rings. The Morgan fingerprint density at radius 1 is 1.21 bits per heavy atom. The Morgan fingerprint density at radius 3 is 2.53 bits per heavy atom. The topological polar surface area (TPSA) is 38.0 Å². The van der Waals surface area contributed by atoms with Gasteiger partial charge in [0.05, 0.1) is 6.04 Å². The van der Waals surface area contributed by atoms with E-state index in [0.717, 1.165) is 27.0 Å². The first-order valence-corrected chi connectivity index (χ1v) is 7.24. The molecule has 2 nitrogen and oxygen atoms in total. The molecule has 0 aliphatic carbocycles. The van der Waals surface area contributed by atoms with Crippen LogP contribution in [-0.2, 0) is 6.42 Å². The van der Waals surface area contributed by atoms with Crippen molar-refractivity contribution >= 4 is 27.5 Å². The molecule has 100 valence electrons. The molecule has 0 heterocycles. The first-order chi connectivity index (χ1) is 9.11. The van der Waals surface area contributed by atoms with Crippen LogP contribution in [0, 0.1) is 6.92 Å². The largest absolute Gasteiger partial charge is 0.271 e. The number of rotatable bonds is 4. The number of nitrogens with one attached hydrogen (secondary N) is 1. The van der Waals surface area contributed by atoms with Gasteiger partial charge in [0.2, 0.25) is 0 Å². The Hall–Kier alpha value is -0.870. The maximum Gasteiger partial charge on any atom is 0.0515 e. The van der Waals surface area contributed by atoms with Crippen molar-refractivity contribution in [1.29, 1.82) is 0 Å². The van der Waals surface area contributed by atoms with E-state index < -0.39 is 0 Å². The molecule has 0 aromatic heterocycles. The number of aryl methyl sites for hydroxylation is 1. The zero-order valence-corrected chi connectivity index (χ0v) is 13.0. The highest BCUT2D eigenvalue weighted by atomic mass is 79.9. The molecule has 0 fully saturated rings. The number of nitrogens with two attached hydrogens (primary N) is 1. The van der Waals surface area contributed by atoms with E-state index in [-0.39, 0.29) is 6.04 Å². The lowest BCUT2D eigenvalue weighted by Crippen LogP contribution is -2.29. The summed E-state index contributed by atoms with van der Waals surface area (Å²) in [6.07, 6.45) is 0.799. The Morgan fingerprint density at radius 2 is 1.89 bits per heavy atom. The highest BCUT2D eigenvalue weighted by Gasteiger charge is 2.14. The van der Waals surface area contributed by atoms with Gasteiger partial charge >= 0.3 is 0 Å². The molecule has 0 aliphatic heterocycles. The lowest BCUT2D eigenvalue weighted by molar-refractivity contribution is 0.552. The molecule has 3 N–H and O–H groups in total. The fourth-order valence-corrected chi connectivity index (χ4v) is 2.58. The molecule has 0 amide bonds. The van der Waals surface area contributed by atoms with Gasteiger partial charge in [-0.3, -0.25) is 11.3 Å². The highest BCUT2D eigenvalue weighted by molar-refractivity contribution is 9.10. The molecule has 1 atom stereocenters. The van der Waals surface area contributed by atoms with E-state index in [9.17, 15) is 0 Å². The van der Waals surface area contributed by atoms with Gasteiger partial charge in [-0.15, -0.1) is 0 Å². The summed E-state index contributed by atoms with van der Waals surface area (Å²) in [6.45, 7) is 2.00. The van der Waals surface area contributed by atoms with Gasteiger partial charge in [-0.05, 0) is 42.2 Å². The quantitative estimate of drug-likeness (QED) is 0.648. The monoisotopic (exact) mass is 338 g/mol. The fraction of sp³-hybridized carbons (Fsp3) is 0.200. The van der Waals surface area contributed by atoms with Gasteiger partial charge in [0.1, 0.15) is 0 Å². The van der Waals surface area contributed by atoms with Crippen molar-refractivity contribution in [3.8, 4) is 0 Å². The zero-order chi connectivity index (χ0) is 13.8. The second-order valence-corrected chi connectivity index (χ2v) is 5.82. The number of halogens is 2. The minimum atomic E-state index is 0.00794. The zero-order valence-electron chi connectivity index (χ0n) is 10.7. The van der Waals surface area contributed by atoms with Crippen LogP contribution < -0.4 is 11.3 Å². The lowest BCUT2D eigenvalue weighted by atomic mass is 9.98. The third-order valence-corrected chi connectivity index (χ3v) is 4.20. The van der Waals surface area contributed by atoms with Gasteiger partial charge in [-0.25, -0.2) is 0 Å². The number of hydrazine groups is 1. The van der Waals surface area contributed by atoms with E-state index in [1.165, 1.54) is 5.56 Å². The molecule has 2 aromatic rings. The van der Waals surface area contributed by atoms with Crippen molar-refractivity contribution in [2.45, 2.75) is 19.4 Å². The molecule has 2 aromatic carbocycles. The molecule has 4 heteroatoms.